The Balaban J connectivity index is 1.48. The normalized spacial score (nSPS) is 21.2. The molecule has 0 aromatic heterocycles. The molecule has 0 radical (unpaired) electrons. The highest BCUT2D eigenvalue weighted by atomic mass is 32.2. The van der Waals surface area contributed by atoms with E-state index in [1.54, 1.807) is 17.8 Å². The van der Waals surface area contributed by atoms with Crippen molar-refractivity contribution in [2.45, 2.75) is 51.4 Å². The predicted octanol–water partition coefficient (Wildman–Crippen LogP) is 5.02. The third-order valence-electron chi connectivity index (χ3n) is 7.14. The van der Waals surface area contributed by atoms with Crippen molar-refractivity contribution in [1.82, 2.24) is 5.32 Å². The molecule has 9 heteroatoms. The number of rotatable bonds is 12. The Kier molecular flexibility index (Phi) is 11.4. The van der Waals surface area contributed by atoms with Crippen LogP contribution in [0, 0.1) is 5.92 Å². The number of Topliss-reactive ketones (excluding diaryl/α,β-unsaturated/α-hetero) is 1. The number of thioether (sulfide) groups is 1. The summed E-state index contributed by atoms with van der Waals surface area (Å²) >= 11 is 1.63. The molecular formula is C32H38N2O6S. The highest BCUT2D eigenvalue weighted by Gasteiger charge is 2.38. The molecule has 41 heavy (non-hydrogen) atoms. The van der Waals surface area contributed by atoms with Crippen LogP contribution in [-0.2, 0) is 27.3 Å². The van der Waals surface area contributed by atoms with Crippen molar-refractivity contribution in [3.05, 3.63) is 101 Å². The standard InChI is InChI=1S/C32H38N2O6S/c1-21-29(20-41-16-15-35)39-31(40-30(21)25-13-11-24(19-36)12-14-25)26-9-6-10-27(18-26)33-32(38)34-28(22(2)37)17-23-7-4-3-5-8-23/h3-14,18,21,28-31,35-36H,15-17,19-20H2,1-2H3,(H2,33,34,38). The van der Waals surface area contributed by atoms with Gasteiger partial charge in [-0.05, 0) is 42.2 Å². The average molecular weight is 579 g/mol. The first kappa shape index (κ1) is 30.7. The van der Waals surface area contributed by atoms with E-state index in [-0.39, 0.29) is 37.1 Å². The second kappa shape index (κ2) is 15.1. The Bertz CT molecular complexity index is 1270. The fourth-order valence-electron chi connectivity index (χ4n) is 4.81. The van der Waals surface area contributed by atoms with Crippen LogP contribution < -0.4 is 10.6 Å². The molecule has 0 aliphatic carbocycles. The highest BCUT2D eigenvalue weighted by Crippen LogP contribution is 2.42. The summed E-state index contributed by atoms with van der Waals surface area (Å²) in [5, 5.41) is 24.3. The number of aliphatic hydroxyl groups excluding tert-OH is 2. The van der Waals surface area contributed by atoms with E-state index in [4.69, 9.17) is 9.47 Å². The van der Waals surface area contributed by atoms with Gasteiger partial charge in [0, 0.05) is 28.7 Å². The smallest absolute Gasteiger partial charge is 0.319 e. The van der Waals surface area contributed by atoms with Crippen LogP contribution in [0.15, 0.2) is 78.9 Å². The second-order valence-electron chi connectivity index (χ2n) is 10.2. The van der Waals surface area contributed by atoms with Crippen LogP contribution >= 0.6 is 11.8 Å². The number of amides is 2. The summed E-state index contributed by atoms with van der Waals surface area (Å²) in [6.07, 6.45) is -0.666. The van der Waals surface area contributed by atoms with Gasteiger partial charge in [-0.25, -0.2) is 4.79 Å². The summed E-state index contributed by atoms with van der Waals surface area (Å²) in [5.41, 5.74) is 4.07. The van der Waals surface area contributed by atoms with Crippen molar-refractivity contribution in [1.29, 1.82) is 0 Å². The predicted molar refractivity (Wildman–Crippen MR) is 161 cm³/mol. The Morgan fingerprint density at radius 2 is 1.68 bits per heavy atom. The van der Waals surface area contributed by atoms with Gasteiger partial charge in [-0.3, -0.25) is 4.79 Å². The summed E-state index contributed by atoms with van der Waals surface area (Å²) in [5.74, 6) is 1.23. The van der Waals surface area contributed by atoms with Crippen LogP contribution in [0.4, 0.5) is 10.5 Å². The van der Waals surface area contributed by atoms with Crippen LogP contribution in [0.25, 0.3) is 0 Å². The minimum absolute atomic E-state index is 0.0275. The molecule has 2 amide bonds. The maximum absolute atomic E-state index is 12.9. The zero-order chi connectivity index (χ0) is 29.2. The van der Waals surface area contributed by atoms with Gasteiger partial charge in [-0.1, -0.05) is 73.7 Å². The van der Waals surface area contributed by atoms with E-state index in [0.29, 0.717) is 23.6 Å². The number of carbonyl (C=O) groups is 2. The summed E-state index contributed by atoms with van der Waals surface area (Å²) in [6, 6.07) is 23.4. The molecule has 0 spiro atoms. The van der Waals surface area contributed by atoms with Gasteiger partial charge < -0.3 is 30.3 Å². The topological polar surface area (TPSA) is 117 Å². The molecule has 0 bridgehead atoms. The van der Waals surface area contributed by atoms with Crippen molar-refractivity contribution in [2.24, 2.45) is 5.92 Å². The zero-order valence-corrected chi connectivity index (χ0v) is 24.2. The van der Waals surface area contributed by atoms with Crippen LogP contribution in [0.5, 0.6) is 0 Å². The zero-order valence-electron chi connectivity index (χ0n) is 23.4. The van der Waals surface area contributed by atoms with Crippen molar-refractivity contribution in [3.63, 3.8) is 0 Å². The molecule has 5 atom stereocenters. The molecule has 4 rings (SSSR count). The van der Waals surface area contributed by atoms with Crippen LogP contribution in [-0.4, -0.2) is 52.3 Å². The molecular weight excluding hydrogens is 540 g/mol. The molecule has 0 saturated carbocycles. The summed E-state index contributed by atoms with van der Waals surface area (Å²) < 4.78 is 12.9. The summed E-state index contributed by atoms with van der Waals surface area (Å²) in [4.78, 5) is 25.1. The molecule has 1 fully saturated rings. The van der Waals surface area contributed by atoms with E-state index in [0.717, 1.165) is 22.3 Å². The van der Waals surface area contributed by atoms with Gasteiger partial charge in [0.1, 0.15) is 0 Å². The summed E-state index contributed by atoms with van der Waals surface area (Å²) in [7, 11) is 0. The lowest BCUT2D eigenvalue weighted by Crippen LogP contribution is -2.43. The molecule has 218 valence electrons. The quantitative estimate of drug-likeness (QED) is 0.223. The molecule has 4 N–H and O–H groups in total. The van der Waals surface area contributed by atoms with Gasteiger partial charge in [0.05, 0.1) is 31.5 Å². The molecule has 3 aromatic rings. The third-order valence-corrected chi connectivity index (χ3v) is 8.17. The number of nitrogens with one attached hydrogen (secondary N) is 2. The van der Waals surface area contributed by atoms with Crippen molar-refractivity contribution in [3.8, 4) is 0 Å². The van der Waals surface area contributed by atoms with Crippen molar-refractivity contribution in [2.75, 3.05) is 23.4 Å². The summed E-state index contributed by atoms with van der Waals surface area (Å²) in [6.45, 7) is 3.63. The SMILES string of the molecule is CC(=O)C(Cc1ccccc1)NC(=O)Nc1cccc(C2OC(CSCCO)C(C)C(c3ccc(CO)cc3)O2)c1. The number of ketones is 1. The number of aliphatic hydroxyl groups is 2. The Morgan fingerprint density at radius 3 is 2.37 bits per heavy atom. The Morgan fingerprint density at radius 1 is 0.927 bits per heavy atom. The first-order valence-corrected chi connectivity index (χ1v) is 14.9. The number of hydrogen-bond acceptors (Lipinski definition) is 7. The first-order chi connectivity index (χ1) is 19.9. The number of hydrogen-bond donors (Lipinski definition) is 4. The first-order valence-electron chi connectivity index (χ1n) is 13.8. The second-order valence-corrected chi connectivity index (χ2v) is 11.3. The van der Waals surface area contributed by atoms with Gasteiger partial charge in [-0.2, -0.15) is 11.8 Å². The van der Waals surface area contributed by atoms with Crippen molar-refractivity contribution >= 4 is 29.3 Å². The maximum Gasteiger partial charge on any atom is 0.319 e. The largest absolute Gasteiger partial charge is 0.396 e. The number of benzene rings is 3. The lowest BCUT2D eigenvalue weighted by atomic mass is 9.91. The van der Waals surface area contributed by atoms with E-state index in [2.05, 4.69) is 17.6 Å². The van der Waals surface area contributed by atoms with Gasteiger partial charge >= 0.3 is 6.03 Å². The molecule has 1 aliphatic heterocycles. The van der Waals surface area contributed by atoms with Crippen LogP contribution in [0.2, 0.25) is 0 Å². The lowest BCUT2D eigenvalue weighted by molar-refractivity contribution is -0.268. The van der Waals surface area contributed by atoms with E-state index in [9.17, 15) is 19.8 Å². The highest BCUT2D eigenvalue weighted by molar-refractivity contribution is 7.99. The van der Waals surface area contributed by atoms with Gasteiger partial charge in [-0.15, -0.1) is 0 Å². The molecule has 1 aliphatic rings. The lowest BCUT2D eigenvalue weighted by Gasteiger charge is -2.41. The van der Waals surface area contributed by atoms with Gasteiger partial charge in [0.2, 0.25) is 0 Å². The van der Waals surface area contributed by atoms with Crippen LogP contribution in [0.3, 0.4) is 0 Å². The Labute approximate surface area is 245 Å². The molecule has 5 unspecified atom stereocenters. The number of anilines is 1. The molecule has 8 nitrogen and oxygen atoms in total. The van der Waals surface area contributed by atoms with E-state index in [1.165, 1.54) is 6.92 Å². The average Bonchev–Trinajstić information content (AvgIpc) is 2.98. The fourth-order valence-corrected chi connectivity index (χ4v) is 5.72. The van der Waals surface area contributed by atoms with Gasteiger partial charge in [0.15, 0.2) is 12.1 Å². The van der Waals surface area contributed by atoms with Crippen LogP contribution in [0.1, 0.15) is 48.5 Å². The van der Waals surface area contributed by atoms with E-state index < -0.39 is 18.4 Å². The molecule has 1 heterocycles. The molecule has 3 aromatic carbocycles. The number of ether oxygens (including phenoxy) is 2. The number of carbonyl (C=O) groups excluding carboxylic acids is 2. The van der Waals surface area contributed by atoms with E-state index >= 15 is 0 Å². The third kappa shape index (κ3) is 8.64. The molecule has 1 saturated heterocycles. The van der Waals surface area contributed by atoms with E-state index in [1.807, 2.05) is 72.8 Å². The van der Waals surface area contributed by atoms with Crippen molar-refractivity contribution < 1.29 is 29.3 Å². The minimum Gasteiger partial charge on any atom is -0.396 e. The maximum atomic E-state index is 12.9. The minimum atomic E-state index is -0.679. The Hall–Kier alpha value is -3.21. The number of urea groups is 1. The monoisotopic (exact) mass is 578 g/mol. The van der Waals surface area contributed by atoms with Gasteiger partial charge in [0.25, 0.3) is 0 Å². The fraction of sp³-hybridized carbons (Fsp3) is 0.375.